The third-order valence-electron chi connectivity index (χ3n) is 7.05. The van der Waals surface area contributed by atoms with Crippen molar-refractivity contribution in [1.29, 1.82) is 0 Å². The third kappa shape index (κ3) is 6.60. The number of nitrogens with zero attached hydrogens (tertiary/aromatic N) is 1. The molecule has 9 heteroatoms. The largest absolute Gasteiger partial charge is 0.480 e. The van der Waals surface area contributed by atoms with Gasteiger partial charge in [-0.15, -0.1) is 0 Å². The number of aliphatic carboxylic acids is 1. The fourth-order valence-electron chi connectivity index (χ4n) is 5.03. The van der Waals surface area contributed by atoms with E-state index in [9.17, 15) is 28.3 Å². The molecule has 39 heavy (non-hydrogen) atoms. The molecule has 0 bridgehead atoms. The van der Waals surface area contributed by atoms with Gasteiger partial charge < -0.3 is 20.6 Å². The number of carbonyl (C=O) groups is 3. The molecule has 0 saturated heterocycles. The molecule has 0 radical (unpaired) electrons. The molecule has 0 aliphatic heterocycles. The van der Waals surface area contributed by atoms with E-state index in [1.54, 1.807) is 6.07 Å². The molecule has 3 amide bonds. The van der Waals surface area contributed by atoms with E-state index < -0.39 is 36.1 Å². The second-order valence-electron chi connectivity index (χ2n) is 9.85. The van der Waals surface area contributed by atoms with Gasteiger partial charge in [0.05, 0.1) is 11.3 Å². The highest BCUT2D eigenvalue weighted by Gasteiger charge is 2.30. The topological polar surface area (TPSA) is 98.7 Å². The van der Waals surface area contributed by atoms with E-state index in [2.05, 4.69) is 10.6 Å². The number of nitrogens with one attached hydrogen (secondary N) is 2. The van der Waals surface area contributed by atoms with Crippen LogP contribution in [0.25, 0.3) is 11.1 Å². The summed E-state index contributed by atoms with van der Waals surface area (Å²) in [6.45, 7) is 3.24. The molecule has 204 valence electrons. The number of aryl methyl sites for hydroxylation is 2. The zero-order chi connectivity index (χ0) is 28.1. The van der Waals surface area contributed by atoms with Crippen LogP contribution in [0.2, 0.25) is 0 Å². The number of anilines is 2. The number of carboxylic acids is 1. The van der Waals surface area contributed by atoms with Gasteiger partial charge in [-0.2, -0.15) is 0 Å². The van der Waals surface area contributed by atoms with Crippen LogP contribution >= 0.6 is 0 Å². The number of carbonyl (C=O) groups excluding carboxylic acids is 2. The van der Waals surface area contributed by atoms with Crippen LogP contribution in [0.1, 0.15) is 53.6 Å². The second kappa shape index (κ2) is 12.1. The molecule has 3 aromatic carbocycles. The molecule has 0 heterocycles. The summed E-state index contributed by atoms with van der Waals surface area (Å²) < 4.78 is 27.5. The lowest BCUT2D eigenvalue weighted by Crippen LogP contribution is -2.44. The molecule has 3 aromatic rings. The summed E-state index contributed by atoms with van der Waals surface area (Å²) in [6, 6.07) is 12.7. The van der Waals surface area contributed by atoms with E-state index in [1.165, 1.54) is 23.1 Å². The predicted molar refractivity (Wildman–Crippen MR) is 146 cm³/mol. The maximum Gasteiger partial charge on any atom is 0.323 e. The van der Waals surface area contributed by atoms with Gasteiger partial charge in [0.15, 0.2) is 11.6 Å². The van der Waals surface area contributed by atoms with Crippen molar-refractivity contribution in [3.63, 3.8) is 0 Å². The maximum absolute atomic E-state index is 14.0. The van der Waals surface area contributed by atoms with Crippen LogP contribution in [0, 0.1) is 25.5 Å². The van der Waals surface area contributed by atoms with Crippen LogP contribution in [0.15, 0.2) is 54.6 Å². The first kappa shape index (κ1) is 27.8. The van der Waals surface area contributed by atoms with Crippen molar-refractivity contribution in [2.75, 3.05) is 17.2 Å². The number of para-hydroxylation sites is 1. The highest BCUT2D eigenvalue weighted by atomic mass is 19.2. The first-order valence-corrected chi connectivity index (χ1v) is 12.9. The van der Waals surface area contributed by atoms with Gasteiger partial charge in [0.1, 0.15) is 6.54 Å². The lowest BCUT2D eigenvalue weighted by atomic mass is 9.93. The number of hydrogen-bond donors (Lipinski definition) is 3. The summed E-state index contributed by atoms with van der Waals surface area (Å²) in [5, 5.41) is 15.1. The Morgan fingerprint density at radius 2 is 1.51 bits per heavy atom. The highest BCUT2D eigenvalue weighted by molar-refractivity contribution is 6.08. The van der Waals surface area contributed by atoms with Crippen molar-refractivity contribution >= 4 is 29.3 Å². The van der Waals surface area contributed by atoms with Crippen molar-refractivity contribution in [3.05, 3.63) is 82.9 Å². The summed E-state index contributed by atoms with van der Waals surface area (Å²) >= 11 is 0. The fraction of sp³-hybridized carbons (Fsp3) is 0.300. The average molecular weight is 536 g/mol. The number of carboxylic acid groups (broad SMARTS) is 1. The number of amides is 3. The van der Waals surface area contributed by atoms with Gasteiger partial charge in [0.25, 0.3) is 5.91 Å². The zero-order valence-corrected chi connectivity index (χ0v) is 21.9. The molecule has 0 atom stereocenters. The molecule has 0 aromatic heterocycles. The maximum atomic E-state index is 14.0. The van der Waals surface area contributed by atoms with Crippen LogP contribution in [0.4, 0.5) is 25.0 Å². The minimum Gasteiger partial charge on any atom is -0.480 e. The van der Waals surface area contributed by atoms with E-state index in [0.717, 1.165) is 42.5 Å². The van der Waals surface area contributed by atoms with E-state index in [1.807, 2.05) is 32.0 Å². The summed E-state index contributed by atoms with van der Waals surface area (Å²) in [6.07, 6.45) is 4.21. The summed E-state index contributed by atoms with van der Waals surface area (Å²) in [7, 11) is 0. The monoisotopic (exact) mass is 535 g/mol. The first-order chi connectivity index (χ1) is 18.6. The Morgan fingerprint density at radius 1 is 0.872 bits per heavy atom. The smallest absolute Gasteiger partial charge is 0.323 e. The minimum atomic E-state index is -1.13. The predicted octanol–water partition coefficient (Wildman–Crippen LogP) is 6.75. The Balaban J connectivity index is 1.72. The normalized spacial score (nSPS) is 13.5. The van der Waals surface area contributed by atoms with Crippen LogP contribution in [0.5, 0.6) is 0 Å². The van der Waals surface area contributed by atoms with Gasteiger partial charge >= 0.3 is 12.0 Å². The Hall–Kier alpha value is -4.27. The second-order valence-corrected chi connectivity index (χ2v) is 9.85. The summed E-state index contributed by atoms with van der Waals surface area (Å²) in [4.78, 5) is 39.9. The molecular formula is C30H31F2N3O4. The van der Waals surface area contributed by atoms with Crippen molar-refractivity contribution in [1.82, 2.24) is 4.90 Å². The highest BCUT2D eigenvalue weighted by Crippen LogP contribution is 2.31. The SMILES string of the molecule is Cc1cccc(C)c1NC(=O)Nc1cc(-c2ccc(F)c(F)c2)ccc1C(=O)N(CC(=O)O)C1CCCCC1. The number of hydrogen-bond acceptors (Lipinski definition) is 3. The van der Waals surface area contributed by atoms with Gasteiger partial charge in [-0.1, -0.05) is 49.6 Å². The first-order valence-electron chi connectivity index (χ1n) is 12.9. The molecule has 0 unspecified atom stereocenters. The molecule has 3 N–H and O–H groups in total. The van der Waals surface area contributed by atoms with Gasteiger partial charge in [0.2, 0.25) is 0 Å². The molecular weight excluding hydrogens is 504 g/mol. The van der Waals surface area contributed by atoms with Gasteiger partial charge in [-0.05, 0) is 73.2 Å². The molecule has 0 spiro atoms. The Labute approximate surface area is 225 Å². The standard InChI is InChI=1S/C30H31F2N3O4/c1-18-7-6-8-19(2)28(18)34-30(39)33-26-16-21(20-12-14-24(31)25(32)15-20)11-13-23(26)29(38)35(17-27(36)37)22-9-4-3-5-10-22/h6-8,11-16,22H,3-5,9-10,17H2,1-2H3,(H,36,37)(H2,33,34,39). The Kier molecular flexibility index (Phi) is 8.59. The molecule has 7 nitrogen and oxygen atoms in total. The van der Waals surface area contributed by atoms with E-state index in [0.29, 0.717) is 29.7 Å². The third-order valence-corrected chi connectivity index (χ3v) is 7.05. The Morgan fingerprint density at radius 3 is 2.15 bits per heavy atom. The van der Waals surface area contributed by atoms with Crippen molar-refractivity contribution in [3.8, 4) is 11.1 Å². The van der Waals surface area contributed by atoms with E-state index in [-0.39, 0.29) is 17.3 Å². The van der Waals surface area contributed by atoms with Crippen LogP contribution in [0.3, 0.4) is 0 Å². The number of rotatable bonds is 7. The fourth-order valence-corrected chi connectivity index (χ4v) is 5.03. The number of halogens is 2. The lowest BCUT2D eigenvalue weighted by molar-refractivity contribution is -0.138. The summed E-state index contributed by atoms with van der Waals surface area (Å²) in [5.74, 6) is -3.67. The van der Waals surface area contributed by atoms with Gasteiger partial charge in [-0.3, -0.25) is 9.59 Å². The van der Waals surface area contributed by atoms with E-state index in [4.69, 9.17) is 0 Å². The minimum absolute atomic E-state index is 0.102. The molecule has 1 saturated carbocycles. The average Bonchev–Trinajstić information content (AvgIpc) is 2.91. The molecule has 1 aliphatic carbocycles. The molecule has 1 aliphatic rings. The quantitative estimate of drug-likeness (QED) is 0.312. The van der Waals surface area contributed by atoms with Crippen molar-refractivity contribution in [2.45, 2.75) is 52.0 Å². The van der Waals surface area contributed by atoms with Crippen molar-refractivity contribution < 1.29 is 28.3 Å². The van der Waals surface area contributed by atoms with Crippen molar-refractivity contribution in [2.24, 2.45) is 0 Å². The van der Waals surface area contributed by atoms with Crippen LogP contribution in [-0.2, 0) is 4.79 Å². The van der Waals surface area contributed by atoms with Crippen LogP contribution in [-0.4, -0.2) is 40.5 Å². The number of benzene rings is 3. The van der Waals surface area contributed by atoms with E-state index >= 15 is 0 Å². The van der Waals surface area contributed by atoms with Gasteiger partial charge in [-0.25, -0.2) is 13.6 Å². The number of urea groups is 1. The summed E-state index contributed by atoms with van der Waals surface area (Å²) in [5.41, 5.74) is 3.33. The molecule has 4 rings (SSSR count). The Bertz CT molecular complexity index is 1380. The van der Waals surface area contributed by atoms with Crippen LogP contribution < -0.4 is 10.6 Å². The lowest BCUT2D eigenvalue weighted by Gasteiger charge is -2.33. The zero-order valence-electron chi connectivity index (χ0n) is 21.9. The van der Waals surface area contributed by atoms with Gasteiger partial charge in [0, 0.05) is 11.7 Å². The molecule has 1 fully saturated rings.